The predicted octanol–water partition coefficient (Wildman–Crippen LogP) is 4.02. The zero-order chi connectivity index (χ0) is 26.0. The number of carbonyl (C=O) groups is 1. The van der Waals surface area contributed by atoms with E-state index in [0.717, 1.165) is 0 Å². The summed E-state index contributed by atoms with van der Waals surface area (Å²) in [7, 11) is 3.36. The van der Waals surface area contributed by atoms with Crippen molar-refractivity contribution in [2.45, 2.75) is 6.10 Å². The van der Waals surface area contributed by atoms with E-state index in [4.69, 9.17) is 33.7 Å². The van der Waals surface area contributed by atoms with Gasteiger partial charge in [-0.2, -0.15) is 20.7 Å². The van der Waals surface area contributed by atoms with Crippen LogP contribution in [0.2, 0.25) is 10.0 Å². The number of aromatic nitrogens is 6. The largest absolute Gasteiger partial charge is 0.382 e. The van der Waals surface area contributed by atoms with E-state index in [1.807, 2.05) is 12.1 Å². The molecule has 13 heteroatoms. The van der Waals surface area contributed by atoms with Crippen LogP contribution in [0.25, 0.3) is 0 Å². The van der Waals surface area contributed by atoms with Gasteiger partial charge in [0.2, 0.25) is 0 Å². The van der Waals surface area contributed by atoms with Gasteiger partial charge in [0.15, 0.2) is 6.29 Å². The van der Waals surface area contributed by atoms with Gasteiger partial charge >= 0.3 is 0 Å². The Morgan fingerprint density at radius 3 is 2.00 bits per heavy atom. The van der Waals surface area contributed by atoms with Crippen LogP contribution in [-0.2, 0) is 14.1 Å². The Balaban J connectivity index is 0.000000203. The summed E-state index contributed by atoms with van der Waals surface area (Å²) in [5, 5.41) is 36.1. The molecule has 4 aromatic rings. The fourth-order valence-corrected chi connectivity index (χ4v) is 3.30. The maximum atomic E-state index is 10.1. The van der Waals surface area contributed by atoms with Crippen molar-refractivity contribution in [1.82, 2.24) is 29.5 Å². The number of nitrogens with zero attached hydrogens (tertiary/aromatic N) is 8. The maximum Gasteiger partial charge on any atom is 0.153 e. The minimum atomic E-state index is -0.982. The second-order valence-corrected chi connectivity index (χ2v) is 8.22. The summed E-state index contributed by atoms with van der Waals surface area (Å²) in [6, 6.07) is 10.3. The number of carbonyl (C=O) groups excluding carboxylic acids is 1. The van der Waals surface area contributed by atoms with Crippen molar-refractivity contribution in [3.63, 3.8) is 0 Å². The first-order valence-corrected chi connectivity index (χ1v) is 11.1. The molecule has 4 rings (SSSR count). The van der Waals surface area contributed by atoms with Crippen molar-refractivity contribution >= 4 is 45.4 Å². The number of hydrogen-bond donors (Lipinski definition) is 1. The van der Waals surface area contributed by atoms with Gasteiger partial charge in [0.25, 0.3) is 0 Å². The number of aryl methyl sites for hydroxylation is 2. The Labute approximate surface area is 219 Å². The van der Waals surface area contributed by atoms with Crippen LogP contribution in [0.1, 0.15) is 39.1 Å². The van der Waals surface area contributed by atoms with Gasteiger partial charge in [0.1, 0.15) is 34.2 Å². The highest BCUT2D eigenvalue weighted by molar-refractivity contribution is 9.10. The minimum Gasteiger partial charge on any atom is -0.382 e. The second-order valence-electron chi connectivity index (χ2n) is 6.59. The first kappa shape index (κ1) is 27.6. The van der Waals surface area contributed by atoms with Crippen LogP contribution in [0, 0.1) is 22.7 Å². The molecule has 0 bridgehead atoms. The van der Waals surface area contributed by atoms with Gasteiger partial charge in [-0.1, -0.05) is 23.2 Å². The summed E-state index contributed by atoms with van der Waals surface area (Å²) >= 11 is 14.6. The number of aldehydes is 1. The lowest BCUT2D eigenvalue weighted by atomic mass is 10.1. The molecular weight excluding hydrogens is 559 g/mol. The Morgan fingerprint density at radius 1 is 1.00 bits per heavy atom. The lowest BCUT2D eigenvalue weighted by Crippen LogP contribution is -2.03. The van der Waals surface area contributed by atoms with Gasteiger partial charge in [0.05, 0.1) is 16.3 Å². The fraction of sp³-hybridized carbons (Fsp3) is 0.136. The van der Waals surface area contributed by atoms with Crippen LogP contribution in [0.15, 0.2) is 53.7 Å². The number of hydrogen-bond acceptors (Lipinski definition) is 8. The van der Waals surface area contributed by atoms with Gasteiger partial charge < -0.3 is 5.11 Å². The Kier molecular flexibility index (Phi) is 10.5. The molecule has 1 unspecified atom stereocenters. The number of pyridine rings is 2. The molecule has 178 valence electrons. The van der Waals surface area contributed by atoms with Gasteiger partial charge in [-0.25, -0.2) is 0 Å². The standard InChI is InChI=1S/C11H9ClN4O.C6H4ClNO.C5H4BrN3/c1-16-7(5-13)4-10(15-16)11(17)8-6-14-3-2-9(8)12;7-6-1-2-8-3-5(6)4-9;1-9-4(3-7)2-5(6)8-9/h2-4,6,11,17H,1H3;1-4H;2H,1H3. The van der Waals surface area contributed by atoms with Crippen LogP contribution >= 0.6 is 39.1 Å². The summed E-state index contributed by atoms with van der Waals surface area (Å²) in [5.41, 5.74) is 2.20. The van der Waals surface area contributed by atoms with Crippen molar-refractivity contribution in [3.05, 3.63) is 91.9 Å². The smallest absolute Gasteiger partial charge is 0.153 e. The lowest BCUT2D eigenvalue weighted by molar-refractivity contribution is 0.112. The molecule has 1 atom stereocenters. The monoisotopic (exact) mass is 574 g/mol. The first-order chi connectivity index (χ1) is 16.7. The molecule has 0 radical (unpaired) electrons. The normalized spacial score (nSPS) is 10.5. The van der Waals surface area contributed by atoms with E-state index in [2.05, 4.69) is 36.1 Å². The number of rotatable bonds is 3. The average Bonchev–Trinajstić information content (AvgIpc) is 3.40. The summed E-state index contributed by atoms with van der Waals surface area (Å²) < 4.78 is 3.62. The highest BCUT2D eigenvalue weighted by Crippen LogP contribution is 2.26. The average molecular weight is 576 g/mol. The van der Waals surface area contributed by atoms with Gasteiger partial charge in [0, 0.05) is 61.6 Å². The third kappa shape index (κ3) is 7.70. The minimum absolute atomic E-state index is 0.374. The molecule has 0 saturated heterocycles. The van der Waals surface area contributed by atoms with E-state index in [-0.39, 0.29) is 0 Å². The molecule has 4 heterocycles. The van der Waals surface area contributed by atoms with Crippen molar-refractivity contribution in [1.29, 1.82) is 10.5 Å². The van der Waals surface area contributed by atoms with Crippen molar-refractivity contribution < 1.29 is 9.90 Å². The number of aliphatic hydroxyl groups is 1. The number of aliphatic hydroxyl groups excluding tert-OH is 1. The molecule has 10 nitrogen and oxygen atoms in total. The van der Waals surface area contributed by atoms with E-state index in [0.29, 0.717) is 49.1 Å². The second kappa shape index (κ2) is 13.3. The van der Waals surface area contributed by atoms with E-state index >= 15 is 0 Å². The molecule has 0 spiro atoms. The van der Waals surface area contributed by atoms with E-state index in [1.54, 1.807) is 32.3 Å². The van der Waals surface area contributed by atoms with Crippen molar-refractivity contribution in [2.75, 3.05) is 0 Å². The maximum absolute atomic E-state index is 10.1. The third-order valence-corrected chi connectivity index (χ3v) is 5.35. The van der Waals surface area contributed by atoms with E-state index < -0.39 is 6.10 Å². The summed E-state index contributed by atoms with van der Waals surface area (Å²) in [6.45, 7) is 0. The molecule has 0 aliphatic rings. The third-order valence-electron chi connectivity index (χ3n) is 4.27. The molecule has 0 aromatic carbocycles. The molecule has 0 saturated carbocycles. The Morgan fingerprint density at radius 2 is 1.57 bits per heavy atom. The molecular formula is C22H17BrCl2N8O2. The quantitative estimate of drug-likeness (QED) is 0.360. The SMILES string of the molecule is Cn1nc(Br)cc1C#N.Cn1nc(C(O)c2cnccc2Cl)cc1C#N.O=Cc1cnccc1Cl. The van der Waals surface area contributed by atoms with Gasteiger partial charge in [-0.3, -0.25) is 24.1 Å². The summed E-state index contributed by atoms with van der Waals surface area (Å²) in [4.78, 5) is 17.7. The molecule has 0 aliphatic heterocycles. The van der Waals surface area contributed by atoms with E-state index in [1.165, 1.54) is 40.2 Å². The summed E-state index contributed by atoms with van der Waals surface area (Å²) in [5.74, 6) is 0. The Bertz CT molecular complexity index is 1390. The molecule has 35 heavy (non-hydrogen) atoms. The number of halogens is 3. The highest BCUT2D eigenvalue weighted by atomic mass is 79.9. The lowest BCUT2D eigenvalue weighted by Gasteiger charge is -2.08. The van der Waals surface area contributed by atoms with Crippen LogP contribution in [0.4, 0.5) is 0 Å². The van der Waals surface area contributed by atoms with E-state index in [9.17, 15) is 9.90 Å². The molecule has 0 fully saturated rings. The predicted molar refractivity (Wildman–Crippen MR) is 131 cm³/mol. The topological polar surface area (TPSA) is 146 Å². The van der Waals surface area contributed by atoms with Gasteiger partial charge in [-0.05, 0) is 28.1 Å². The first-order valence-electron chi connectivity index (χ1n) is 9.57. The molecule has 0 aliphatic carbocycles. The van der Waals surface area contributed by atoms with Crippen LogP contribution < -0.4 is 0 Å². The van der Waals surface area contributed by atoms with Crippen molar-refractivity contribution in [3.8, 4) is 12.1 Å². The molecule has 1 N–H and O–H groups in total. The molecule has 4 aromatic heterocycles. The van der Waals surface area contributed by atoms with Crippen molar-refractivity contribution in [2.24, 2.45) is 14.1 Å². The van der Waals surface area contributed by atoms with Crippen LogP contribution in [-0.4, -0.2) is 40.9 Å². The molecule has 0 amide bonds. The zero-order valence-corrected chi connectivity index (χ0v) is 21.4. The zero-order valence-electron chi connectivity index (χ0n) is 18.3. The van der Waals surface area contributed by atoms with Crippen LogP contribution in [0.3, 0.4) is 0 Å². The highest BCUT2D eigenvalue weighted by Gasteiger charge is 2.18. The van der Waals surface area contributed by atoms with Crippen LogP contribution in [0.5, 0.6) is 0 Å². The Hall–Kier alpha value is -3.61. The summed E-state index contributed by atoms with van der Waals surface area (Å²) in [6.07, 6.45) is 5.68. The number of nitriles is 2. The fourth-order valence-electron chi connectivity index (χ4n) is 2.49. The van der Waals surface area contributed by atoms with Gasteiger partial charge in [-0.15, -0.1) is 0 Å².